The Kier molecular flexibility index (Phi) is 6.32. The fraction of sp³-hybridized carbons (Fsp3) is 0.263. The van der Waals surface area contributed by atoms with Gasteiger partial charge in [0.2, 0.25) is 0 Å². The number of urea groups is 1. The minimum absolute atomic E-state index is 0.0333. The van der Waals surface area contributed by atoms with Crippen LogP contribution in [0, 0.1) is 6.92 Å². The van der Waals surface area contributed by atoms with Crippen LogP contribution in [-0.4, -0.2) is 32.8 Å². The number of hydrogen-bond acceptors (Lipinski definition) is 5. The van der Waals surface area contributed by atoms with Crippen LogP contribution in [0.4, 0.5) is 19.3 Å². The maximum absolute atomic E-state index is 12.7. The molecule has 1 aromatic heterocycles. The zero-order valence-corrected chi connectivity index (χ0v) is 15.8. The van der Waals surface area contributed by atoms with Gasteiger partial charge in [0.1, 0.15) is 12.1 Å². The van der Waals surface area contributed by atoms with Crippen molar-refractivity contribution in [3.63, 3.8) is 0 Å². The van der Waals surface area contributed by atoms with Gasteiger partial charge in [0.05, 0.1) is 11.7 Å². The van der Waals surface area contributed by atoms with Gasteiger partial charge in [0, 0.05) is 11.3 Å². The number of aryl methyl sites for hydroxylation is 1. The summed E-state index contributed by atoms with van der Waals surface area (Å²) in [5.74, 6) is 0.0333. The van der Waals surface area contributed by atoms with Crippen molar-refractivity contribution in [2.45, 2.75) is 32.9 Å². The molecule has 2 amide bonds. The van der Waals surface area contributed by atoms with E-state index in [9.17, 15) is 13.6 Å². The Morgan fingerprint density at radius 1 is 1.24 bits per heavy atom. The molecule has 0 saturated carbocycles. The fourth-order valence-electron chi connectivity index (χ4n) is 2.90. The summed E-state index contributed by atoms with van der Waals surface area (Å²) in [5, 5.41) is 16.6. The van der Waals surface area contributed by atoms with Crippen molar-refractivity contribution in [2.24, 2.45) is 0 Å². The summed E-state index contributed by atoms with van der Waals surface area (Å²) >= 11 is 0. The third-order valence-corrected chi connectivity index (χ3v) is 4.29. The first-order valence-electron chi connectivity index (χ1n) is 8.93. The molecule has 29 heavy (non-hydrogen) atoms. The van der Waals surface area contributed by atoms with E-state index >= 15 is 0 Å². The summed E-state index contributed by atoms with van der Waals surface area (Å²) in [4.78, 5) is 12.5. The molecule has 1 atom stereocenters. The van der Waals surface area contributed by atoms with Crippen LogP contribution in [0.2, 0.25) is 0 Å². The molecule has 152 valence electrons. The molecule has 0 saturated heterocycles. The van der Waals surface area contributed by atoms with Gasteiger partial charge in [-0.05, 0) is 47.5 Å². The van der Waals surface area contributed by atoms with E-state index in [2.05, 4.69) is 30.9 Å². The van der Waals surface area contributed by atoms with Crippen molar-refractivity contribution < 1.29 is 18.3 Å². The largest absolute Gasteiger partial charge is 0.434 e. The number of rotatable bonds is 7. The van der Waals surface area contributed by atoms with E-state index in [-0.39, 0.29) is 5.75 Å². The van der Waals surface area contributed by atoms with Gasteiger partial charge in [0.25, 0.3) is 0 Å². The number of benzene rings is 2. The van der Waals surface area contributed by atoms with Crippen molar-refractivity contribution >= 4 is 11.7 Å². The number of carbonyl (C=O) groups is 1. The van der Waals surface area contributed by atoms with E-state index in [1.54, 1.807) is 30.3 Å². The van der Waals surface area contributed by atoms with Crippen molar-refractivity contribution in [3.05, 3.63) is 59.9 Å². The number of ether oxygens (including phenoxy) is 1. The normalized spacial score (nSPS) is 11.9. The summed E-state index contributed by atoms with van der Waals surface area (Å²) in [5.41, 5.74) is 2.65. The van der Waals surface area contributed by atoms with Gasteiger partial charge in [-0.3, -0.25) is 0 Å². The van der Waals surface area contributed by atoms with Crippen molar-refractivity contribution in [1.82, 2.24) is 25.5 Å². The number of tetrazole rings is 1. The van der Waals surface area contributed by atoms with Gasteiger partial charge in [-0.15, -0.1) is 5.10 Å². The van der Waals surface area contributed by atoms with Crippen molar-refractivity contribution in [1.29, 1.82) is 0 Å². The molecular formula is C19H20F2N6O2. The molecule has 1 unspecified atom stereocenters. The van der Waals surface area contributed by atoms with Crippen LogP contribution in [0.3, 0.4) is 0 Å². The topological polar surface area (TPSA) is 94.0 Å². The first-order valence-corrected chi connectivity index (χ1v) is 8.93. The first kappa shape index (κ1) is 20.2. The minimum Gasteiger partial charge on any atom is -0.434 e. The Morgan fingerprint density at radius 2 is 2.03 bits per heavy atom. The van der Waals surface area contributed by atoms with E-state index < -0.39 is 18.7 Å². The molecule has 8 nitrogen and oxygen atoms in total. The highest BCUT2D eigenvalue weighted by molar-refractivity contribution is 5.90. The molecule has 0 aliphatic heterocycles. The van der Waals surface area contributed by atoms with Crippen LogP contribution in [0.25, 0.3) is 5.69 Å². The third-order valence-electron chi connectivity index (χ3n) is 4.29. The Bertz CT molecular complexity index is 965. The van der Waals surface area contributed by atoms with Gasteiger partial charge in [0.15, 0.2) is 0 Å². The van der Waals surface area contributed by atoms with Crippen LogP contribution in [0.5, 0.6) is 5.75 Å². The van der Waals surface area contributed by atoms with Gasteiger partial charge in [-0.25, -0.2) is 9.48 Å². The number of halogens is 2. The standard InChI is InChI=1S/C19H20F2N6O2/c1-3-15(14-6-4-5-7-17(14)29-18(20)21)24-19(28)23-13-9-8-12(2)16(10-13)27-11-22-25-26-27/h4-11,15,18H,3H2,1-2H3,(H2,23,24,28). The predicted octanol–water partition coefficient (Wildman–Crippen LogP) is 3.84. The number of alkyl halides is 2. The molecule has 3 rings (SSSR count). The number of hydrogen-bond donors (Lipinski definition) is 2. The first-order chi connectivity index (χ1) is 14.0. The average molecular weight is 402 g/mol. The van der Waals surface area contributed by atoms with E-state index in [1.165, 1.54) is 17.1 Å². The Hall–Kier alpha value is -3.56. The lowest BCUT2D eigenvalue weighted by molar-refractivity contribution is -0.0506. The zero-order valence-electron chi connectivity index (χ0n) is 15.8. The monoisotopic (exact) mass is 402 g/mol. The number of aromatic nitrogens is 4. The van der Waals surface area contributed by atoms with Crippen molar-refractivity contribution in [3.8, 4) is 11.4 Å². The molecule has 0 radical (unpaired) electrons. The number of nitrogens with zero attached hydrogens (tertiary/aromatic N) is 4. The predicted molar refractivity (Wildman–Crippen MR) is 102 cm³/mol. The lowest BCUT2D eigenvalue weighted by Gasteiger charge is -2.21. The average Bonchev–Trinajstić information content (AvgIpc) is 3.22. The van der Waals surface area contributed by atoms with E-state index in [1.807, 2.05) is 19.9 Å². The van der Waals surface area contributed by atoms with Gasteiger partial charge in [-0.2, -0.15) is 8.78 Å². The van der Waals surface area contributed by atoms with Gasteiger partial charge >= 0.3 is 12.6 Å². The number of amides is 2. The number of anilines is 1. The SMILES string of the molecule is CCC(NC(=O)Nc1ccc(C)c(-n2cnnn2)c1)c1ccccc1OC(F)F. The number of para-hydroxylation sites is 1. The zero-order chi connectivity index (χ0) is 20.8. The molecule has 0 aliphatic rings. The molecule has 0 fully saturated rings. The molecule has 0 bridgehead atoms. The summed E-state index contributed by atoms with van der Waals surface area (Å²) in [6, 6.07) is 10.7. The second-order valence-corrected chi connectivity index (χ2v) is 6.23. The minimum atomic E-state index is -2.94. The highest BCUT2D eigenvalue weighted by Crippen LogP contribution is 2.28. The van der Waals surface area contributed by atoms with E-state index in [4.69, 9.17) is 0 Å². The number of carbonyl (C=O) groups excluding carboxylic acids is 1. The number of nitrogens with one attached hydrogen (secondary N) is 2. The highest BCUT2D eigenvalue weighted by atomic mass is 19.3. The molecule has 2 N–H and O–H groups in total. The summed E-state index contributed by atoms with van der Waals surface area (Å²) in [6.07, 6.45) is 1.94. The molecule has 3 aromatic rings. The van der Waals surface area contributed by atoms with E-state index in [0.29, 0.717) is 17.7 Å². The van der Waals surface area contributed by atoms with Crippen LogP contribution < -0.4 is 15.4 Å². The van der Waals surface area contributed by atoms with E-state index in [0.717, 1.165) is 11.3 Å². The maximum atomic E-state index is 12.7. The Balaban J connectivity index is 1.74. The quantitative estimate of drug-likeness (QED) is 0.626. The molecule has 0 spiro atoms. The Labute approximate surface area is 165 Å². The van der Waals surface area contributed by atoms with Crippen LogP contribution in [0.1, 0.15) is 30.5 Å². The van der Waals surface area contributed by atoms with Gasteiger partial charge < -0.3 is 15.4 Å². The third kappa shape index (κ3) is 5.03. The summed E-state index contributed by atoms with van der Waals surface area (Å²) in [7, 11) is 0. The lowest BCUT2D eigenvalue weighted by Crippen LogP contribution is -2.32. The summed E-state index contributed by atoms with van der Waals surface area (Å²) in [6.45, 7) is 0.791. The van der Waals surface area contributed by atoms with Crippen LogP contribution in [-0.2, 0) is 0 Å². The van der Waals surface area contributed by atoms with Crippen LogP contribution in [0.15, 0.2) is 48.8 Å². The lowest BCUT2D eigenvalue weighted by atomic mass is 10.0. The molecule has 1 heterocycles. The van der Waals surface area contributed by atoms with Crippen molar-refractivity contribution in [2.75, 3.05) is 5.32 Å². The van der Waals surface area contributed by atoms with Gasteiger partial charge in [-0.1, -0.05) is 31.2 Å². The molecular weight excluding hydrogens is 382 g/mol. The molecule has 2 aromatic carbocycles. The summed E-state index contributed by atoms with van der Waals surface area (Å²) < 4.78 is 31.4. The second kappa shape index (κ2) is 9.09. The smallest absolute Gasteiger partial charge is 0.387 e. The molecule has 0 aliphatic carbocycles. The maximum Gasteiger partial charge on any atom is 0.387 e. The second-order valence-electron chi connectivity index (χ2n) is 6.23. The van der Waals surface area contributed by atoms with Crippen LogP contribution >= 0.6 is 0 Å². The molecule has 10 heteroatoms. The Morgan fingerprint density at radius 3 is 2.72 bits per heavy atom. The highest BCUT2D eigenvalue weighted by Gasteiger charge is 2.19. The fourth-order valence-corrected chi connectivity index (χ4v) is 2.90.